The average Bonchev–Trinajstić information content (AvgIpc) is 2.47. The van der Waals surface area contributed by atoms with Crippen LogP contribution in [0.1, 0.15) is 31.1 Å². The van der Waals surface area contributed by atoms with Crippen LogP contribution in [0.5, 0.6) is 0 Å². The lowest BCUT2D eigenvalue weighted by Crippen LogP contribution is -2.42. The lowest BCUT2D eigenvalue weighted by Gasteiger charge is -2.27. The summed E-state index contributed by atoms with van der Waals surface area (Å²) in [5.74, 6) is -0.702. The summed E-state index contributed by atoms with van der Waals surface area (Å²) in [5, 5.41) is 11.0. The molecule has 0 aliphatic heterocycles. The summed E-state index contributed by atoms with van der Waals surface area (Å²) < 4.78 is 23.4. The van der Waals surface area contributed by atoms with Crippen LogP contribution in [0.4, 0.5) is 5.69 Å². The van der Waals surface area contributed by atoms with Gasteiger partial charge in [0.2, 0.25) is 0 Å². The molecule has 0 aliphatic rings. The maximum absolute atomic E-state index is 12.5. The highest BCUT2D eigenvalue weighted by Crippen LogP contribution is 2.21. The number of hydrogen-bond acceptors (Lipinski definition) is 5. The summed E-state index contributed by atoms with van der Waals surface area (Å²) >= 11 is 0. The Kier molecular flexibility index (Phi) is 6.04. The number of nitro benzene ring substituents is 1. The predicted octanol–water partition coefficient (Wildman–Crippen LogP) is 1.88. The molecule has 1 rings (SSSR count). The van der Waals surface area contributed by atoms with Crippen molar-refractivity contribution in [2.24, 2.45) is 0 Å². The Morgan fingerprint density at radius 1 is 1.32 bits per heavy atom. The SMILES string of the molecule is CCN(C(=O)c1ccccc1[N+](=O)[O-])[C@H](C)CS(=O)(=O)CC. The number of para-hydroxylation sites is 1. The summed E-state index contributed by atoms with van der Waals surface area (Å²) in [6.07, 6.45) is 0. The maximum Gasteiger partial charge on any atom is 0.282 e. The molecule has 22 heavy (non-hydrogen) atoms. The summed E-state index contributed by atoms with van der Waals surface area (Å²) in [4.78, 5) is 24.3. The molecule has 1 aromatic carbocycles. The molecule has 7 nitrogen and oxygen atoms in total. The molecule has 8 heteroatoms. The van der Waals surface area contributed by atoms with Crippen molar-refractivity contribution in [2.45, 2.75) is 26.8 Å². The van der Waals surface area contributed by atoms with Gasteiger partial charge in [-0.2, -0.15) is 0 Å². The molecule has 0 spiro atoms. The lowest BCUT2D eigenvalue weighted by molar-refractivity contribution is -0.385. The smallest absolute Gasteiger partial charge is 0.282 e. The minimum absolute atomic E-state index is 0.00539. The number of nitrogens with zero attached hydrogens (tertiary/aromatic N) is 2. The van der Waals surface area contributed by atoms with Crippen LogP contribution in [-0.2, 0) is 9.84 Å². The number of amides is 1. The van der Waals surface area contributed by atoms with Crippen LogP contribution in [0.3, 0.4) is 0 Å². The molecule has 0 N–H and O–H groups in total. The number of benzene rings is 1. The van der Waals surface area contributed by atoms with Crippen LogP contribution >= 0.6 is 0 Å². The fourth-order valence-electron chi connectivity index (χ4n) is 2.20. The zero-order valence-electron chi connectivity index (χ0n) is 12.9. The minimum Gasteiger partial charge on any atom is -0.335 e. The van der Waals surface area contributed by atoms with E-state index >= 15 is 0 Å². The van der Waals surface area contributed by atoms with Gasteiger partial charge in [-0.15, -0.1) is 0 Å². The molecule has 122 valence electrons. The standard InChI is InChI=1S/C14H20N2O5S/c1-4-15(11(3)10-22(20,21)5-2)14(17)12-8-6-7-9-13(12)16(18)19/h6-9,11H,4-5,10H2,1-3H3/t11-/m1/s1. The van der Waals surface area contributed by atoms with Crippen molar-refractivity contribution in [3.05, 3.63) is 39.9 Å². The Balaban J connectivity index is 3.11. The Morgan fingerprint density at radius 2 is 1.91 bits per heavy atom. The normalized spacial score (nSPS) is 12.7. The van der Waals surface area contributed by atoms with Crippen LogP contribution in [-0.4, -0.2) is 48.2 Å². The van der Waals surface area contributed by atoms with Crippen molar-refractivity contribution in [1.29, 1.82) is 0 Å². The van der Waals surface area contributed by atoms with E-state index in [4.69, 9.17) is 0 Å². The van der Waals surface area contributed by atoms with Crippen molar-refractivity contribution in [1.82, 2.24) is 4.90 Å². The van der Waals surface area contributed by atoms with E-state index in [-0.39, 0.29) is 29.3 Å². The molecule has 0 saturated carbocycles. The first-order valence-electron chi connectivity index (χ1n) is 6.98. The summed E-state index contributed by atoms with van der Waals surface area (Å²) in [6.45, 7) is 5.15. The van der Waals surface area contributed by atoms with E-state index in [0.29, 0.717) is 0 Å². The summed E-state index contributed by atoms with van der Waals surface area (Å²) in [5.41, 5.74) is -0.313. The zero-order chi connectivity index (χ0) is 16.9. The van der Waals surface area contributed by atoms with E-state index in [1.54, 1.807) is 26.8 Å². The number of rotatable bonds is 7. The first kappa shape index (κ1) is 18.1. The molecule has 0 radical (unpaired) electrons. The highest BCUT2D eigenvalue weighted by Gasteiger charge is 2.28. The van der Waals surface area contributed by atoms with Crippen LogP contribution in [0.15, 0.2) is 24.3 Å². The molecular weight excluding hydrogens is 308 g/mol. The van der Waals surface area contributed by atoms with Gasteiger partial charge in [0, 0.05) is 24.4 Å². The lowest BCUT2D eigenvalue weighted by atomic mass is 10.1. The van der Waals surface area contributed by atoms with Crippen LogP contribution < -0.4 is 0 Å². The first-order valence-corrected chi connectivity index (χ1v) is 8.80. The zero-order valence-corrected chi connectivity index (χ0v) is 13.7. The minimum atomic E-state index is -3.24. The molecule has 0 saturated heterocycles. The monoisotopic (exact) mass is 328 g/mol. The highest BCUT2D eigenvalue weighted by molar-refractivity contribution is 7.91. The van der Waals surface area contributed by atoms with Gasteiger partial charge in [-0.25, -0.2) is 8.42 Å². The van der Waals surface area contributed by atoms with Crippen molar-refractivity contribution in [3.63, 3.8) is 0 Å². The second-order valence-corrected chi connectivity index (χ2v) is 7.31. The second-order valence-electron chi connectivity index (χ2n) is 4.91. The Bertz CT molecular complexity index is 657. The average molecular weight is 328 g/mol. The predicted molar refractivity (Wildman–Crippen MR) is 83.6 cm³/mol. The van der Waals surface area contributed by atoms with E-state index in [0.717, 1.165) is 0 Å². The molecule has 0 aromatic heterocycles. The van der Waals surface area contributed by atoms with Crippen molar-refractivity contribution in [2.75, 3.05) is 18.1 Å². The largest absolute Gasteiger partial charge is 0.335 e. The third-order valence-electron chi connectivity index (χ3n) is 3.40. The molecular formula is C14H20N2O5S. The van der Waals surface area contributed by atoms with E-state index in [9.17, 15) is 23.3 Å². The van der Waals surface area contributed by atoms with Gasteiger partial charge >= 0.3 is 0 Å². The molecule has 0 heterocycles. The number of sulfone groups is 1. The van der Waals surface area contributed by atoms with Gasteiger partial charge in [-0.3, -0.25) is 14.9 Å². The van der Waals surface area contributed by atoms with Crippen molar-refractivity contribution < 1.29 is 18.1 Å². The fraction of sp³-hybridized carbons (Fsp3) is 0.500. The Hall–Kier alpha value is -1.96. The molecule has 0 unspecified atom stereocenters. The van der Waals surface area contributed by atoms with Gasteiger partial charge in [-0.1, -0.05) is 19.1 Å². The molecule has 0 fully saturated rings. The number of carbonyl (C=O) groups excluding carboxylic acids is 1. The summed E-state index contributed by atoms with van der Waals surface area (Å²) in [6, 6.07) is 5.11. The van der Waals surface area contributed by atoms with E-state index < -0.39 is 26.7 Å². The first-order chi connectivity index (χ1) is 10.2. The third kappa shape index (κ3) is 4.27. The maximum atomic E-state index is 12.5. The molecule has 1 aromatic rings. The molecule has 0 bridgehead atoms. The van der Waals surface area contributed by atoms with Crippen molar-refractivity contribution in [3.8, 4) is 0 Å². The summed E-state index contributed by atoms with van der Waals surface area (Å²) in [7, 11) is -3.24. The Morgan fingerprint density at radius 3 is 2.41 bits per heavy atom. The fourth-order valence-corrected chi connectivity index (χ4v) is 3.35. The molecule has 1 atom stereocenters. The van der Waals surface area contributed by atoms with Crippen molar-refractivity contribution >= 4 is 21.4 Å². The third-order valence-corrected chi connectivity index (χ3v) is 5.27. The number of nitro groups is 1. The topological polar surface area (TPSA) is 97.6 Å². The van der Waals surface area contributed by atoms with Crippen LogP contribution in [0, 0.1) is 10.1 Å². The van der Waals surface area contributed by atoms with Crippen LogP contribution in [0.25, 0.3) is 0 Å². The number of hydrogen-bond donors (Lipinski definition) is 0. The van der Waals surface area contributed by atoms with E-state index in [1.165, 1.54) is 23.1 Å². The van der Waals surface area contributed by atoms with Gasteiger partial charge in [-0.05, 0) is 19.9 Å². The number of carbonyl (C=O) groups is 1. The van der Waals surface area contributed by atoms with Gasteiger partial charge in [0.1, 0.15) is 5.56 Å². The van der Waals surface area contributed by atoms with E-state index in [2.05, 4.69) is 0 Å². The van der Waals surface area contributed by atoms with E-state index in [1.807, 2.05) is 0 Å². The van der Waals surface area contributed by atoms with Gasteiger partial charge < -0.3 is 4.90 Å². The molecule has 1 amide bonds. The van der Waals surface area contributed by atoms with Gasteiger partial charge in [0.15, 0.2) is 9.84 Å². The van der Waals surface area contributed by atoms with Gasteiger partial charge in [0.05, 0.1) is 10.7 Å². The second kappa shape index (κ2) is 7.35. The highest BCUT2D eigenvalue weighted by atomic mass is 32.2. The van der Waals surface area contributed by atoms with Gasteiger partial charge in [0.25, 0.3) is 11.6 Å². The molecule has 0 aliphatic carbocycles. The Labute approximate surface area is 130 Å². The van der Waals surface area contributed by atoms with Crippen LogP contribution in [0.2, 0.25) is 0 Å². The quantitative estimate of drug-likeness (QED) is 0.562.